The zero-order valence-electron chi connectivity index (χ0n) is 27.3. The van der Waals surface area contributed by atoms with Crippen LogP contribution in [0.25, 0.3) is 0 Å². The number of rotatable bonds is 31. The second-order valence-electron chi connectivity index (χ2n) is 12.9. The van der Waals surface area contributed by atoms with Gasteiger partial charge in [0.05, 0.1) is 5.41 Å². The fraction of sp³-hybridized carbons (Fsp3) is 0.972. The van der Waals surface area contributed by atoms with Gasteiger partial charge in [-0.05, 0) is 25.2 Å². The van der Waals surface area contributed by atoms with Gasteiger partial charge in [0.15, 0.2) is 0 Å². The van der Waals surface area contributed by atoms with E-state index < -0.39 is 5.41 Å². The van der Waals surface area contributed by atoms with E-state index in [-0.39, 0.29) is 11.9 Å². The van der Waals surface area contributed by atoms with E-state index in [0.29, 0.717) is 0 Å². The molecule has 0 amide bonds. The van der Waals surface area contributed by atoms with Gasteiger partial charge in [0.1, 0.15) is 0 Å². The maximum Gasteiger partial charge on any atom is 0.348 e. The van der Waals surface area contributed by atoms with Crippen molar-refractivity contribution < 1.29 is 14.9 Å². The standard InChI is InChI=1S/C36H72O3/c1-5-8-11-13-15-17-18-19-20-21-22-23-24-26-28-30-33-36(35(37)39-38,34(4)31-10-7-3)32-29-27-25-16-14-12-9-6-2/h34,38H,5-33H2,1-4H3. The van der Waals surface area contributed by atoms with Gasteiger partial charge in [-0.1, -0.05) is 195 Å². The molecule has 0 rings (SSSR count). The minimum Gasteiger partial charge on any atom is -0.300 e. The second kappa shape index (κ2) is 28.9. The lowest BCUT2D eigenvalue weighted by Gasteiger charge is -2.36. The van der Waals surface area contributed by atoms with Gasteiger partial charge in [0.25, 0.3) is 0 Å². The van der Waals surface area contributed by atoms with E-state index in [1.165, 1.54) is 141 Å². The fourth-order valence-corrected chi connectivity index (χ4v) is 6.46. The highest BCUT2D eigenvalue weighted by atomic mass is 17.1. The first-order valence-electron chi connectivity index (χ1n) is 17.9. The molecule has 234 valence electrons. The zero-order chi connectivity index (χ0) is 28.9. The number of carbonyl (C=O) groups excluding carboxylic acids is 1. The molecule has 0 saturated carbocycles. The Morgan fingerprint density at radius 3 is 1.08 bits per heavy atom. The monoisotopic (exact) mass is 553 g/mol. The summed E-state index contributed by atoms with van der Waals surface area (Å²) in [6, 6.07) is 0. The molecule has 0 aromatic carbocycles. The molecule has 3 nitrogen and oxygen atoms in total. The molecule has 0 aromatic heterocycles. The van der Waals surface area contributed by atoms with Crippen LogP contribution in [0.5, 0.6) is 0 Å². The molecule has 0 aliphatic heterocycles. The predicted molar refractivity (Wildman–Crippen MR) is 171 cm³/mol. The van der Waals surface area contributed by atoms with Gasteiger partial charge < -0.3 is 4.89 Å². The lowest BCUT2D eigenvalue weighted by Crippen LogP contribution is -2.39. The second-order valence-corrected chi connectivity index (χ2v) is 12.9. The van der Waals surface area contributed by atoms with E-state index >= 15 is 0 Å². The molecule has 39 heavy (non-hydrogen) atoms. The van der Waals surface area contributed by atoms with Crippen LogP contribution in [0.2, 0.25) is 0 Å². The molecular formula is C36H72O3. The summed E-state index contributed by atoms with van der Waals surface area (Å²) in [5, 5.41) is 9.45. The molecular weight excluding hydrogens is 480 g/mol. The average molecular weight is 553 g/mol. The third kappa shape index (κ3) is 20.9. The van der Waals surface area contributed by atoms with Crippen LogP contribution in [0.15, 0.2) is 0 Å². The zero-order valence-corrected chi connectivity index (χ0v) is 27.3. The summed E-state index contributed by atoms with van der Waals surface area (Å²) in [7, 11) is 0. The number of hydrogen-bond acceptors (Lipinski definition) is 3. The Labute approximate surface area is 246 Å². The summed E-state index contributed by atoms with van der Waals surface area (Å²) in [5.41, 5.74) is -0.512. The van der Waals surface area contributed by atoms with Gasteiger partial charge in [-0.3, -0.25) is 0 Å². The highest BCUT2D eigenvalue weighted by Crippen LogP contribution is 2.43. The highest BCUT2D eigenvalue weighted by molar-refractivity contribution is 5.76. The van der Waals surface area contributed by atoms with Crippen molar-refractivity contribution in [2.75, 3.05) is 0 Å². The van der Waals surface area contributed by atoms with E-state index in [0.717, 1.165) is 44.9 Å². The largest absolute Gasteiger partial charge is 0.348 e. The molecule has 0 radical (unpaired) electrons. The smallest absolute Gasteiger partial charge is 0.300 e. The van der Waals surface area contributed by atoms with E-state index in [1.807, 2.05) is 0 Å². The Hall–Kier alpha value is -0.570. The Balaban J connectivity index is 4.26. The Morgan fingerprint density at radius 2 is 0.795 bits per heavy atom. The fourth-order valence-electron chi connectivity index (χ4n) is 6.46. The molecule has 1 N–H and O–H groups in total. The van der Waals surface area contributed by atoms with Crippen LogP contribution in [-0.2, 0) is 9.68 Å². The topological polar surface area (TPSA) is 46.5 Å². The first-order valence-corrected chi connectivity index (χ1v) is 17.9. The van der Waals surface area contributed by atoms with Crippen molar-refractivity contribution in [1.82, 2.24) is 0 Å². The first-order chi connectivity index (χ1) is 19.1. The van der Waals surface area contributed by atoms with Crippen LogP contribution in [0.4, 0.5) is 0 Å². The molecule has 2 unspecified atom stereocenters. The van der Waals surface area contributed by atoms with Crippen molar-refractivity contribution in [1.29, 1.82) is 0 Å². The summed E-state index contributed by atoms with van der Waals surface area (Å²) in [5.74, 6) is -0.104. The van der Waals surface area contributed by atoms with Crippen molar-refractivity contribution in [2.45, 2.75) is 214 Å². The molecule has 0 aliphatic rings. The molecule has 0 spiro atoms. The van der Waals surface area contributed by atoms with Crippen LogP contribution in [0.3, 0.4) is 0 Å². The lowest BCUT2D eigenvalue weighted by molar-refractivity contribution is -0.249. The van der Waals surface area contributed by atoms with E-state index in [1.54, 1.807) is 0 Å². The van der Waals surface area contributed by atoms with Crippen LogP contribution < -0.4 is 0 Å². The molecule has 0 aromatic rings. The van der Waals surface area contributed by atoms with Crippen LogP contribution in [0, 0.1) is 11.3 Å². The highest BCUT2D eigenvalue weighted by Gasteiger charge is 2.43. The van der Waals surface area contributed by atoms with Crippen molar-refractivity contribution in [3.05, 3.63) is 0 Å². The number of hydrogen-bond donors (Lipinski definition) is 1. The minimum absolute atomic E-state index is 0.262. The maximum atomic E-state index is 13.0. The van der Waals surface area contributed by atoms with E-state index in [4.69, 9.17) is 0 Å². The van der Waals surface area contributed by atoms with Gasteiger partial charge >= 0.3 is 5.97 Å². The first kappa shape index (κ1) is 38.4. The van der Waals surface area contributed by atoms with Gasteiger partial charge in [-0.15, -0.1) is 0 Å². The van der Waals surface area contributed by atoms with Crippen LogP contribution in [0.1, 0.15) is 214 Å². The van der Waals surface area contributed by atoms with E-state index in [9.17, 15) is 10.1 Å². The molecule has 0 fully saturated rings. The van der Waals surface area contributed by atoms with Crippen LogP contribution in [-0.4, -0.2) is 11.2 Å². The number of carbonyl (C=O) groups is 1. The Kier molecular flexibility index (Phi) is 28.5. The summed E-state index contributed by atoms with van der Waals surface area (Å²) in [4.78, 5) is 17.5. The van der Waals surface area contributed by atoms with Gasteiger partial charge in [0.2, 0.25) is 0 Å². The molecule has 0 bridgehead atoms. The Morgan fingerprint density at radius 1 is 0.513 bits per heavy atom. The number of unbranched alkanes of at least 4 members (excludes halogenated alkanes) is 23. The minimum atomic E-state index is -0.512. The normalized spacial score (nSPS) is 13.9. The molecule has 0 aliphatic carbocycles. The molecule has 2 atom stereocenters. The molecule has 0 saturated heterocycles. The SMILES string of the molecule is CCCCCCCCCCCCCCCCCCC(CCCCCCCCCC)(C(=O)OO)C(C)CCCC. The quantitative estimate of drug-likeness (QED) is 0.0528. The average Bonchev–Trinajstić information content (AvgIpc) is 2.95. The third-order valence-corrected chi connectivity index (χ3v) is 9.38. The Bertz CT molecular complexity index is 506. The third-order valence-electron chi connectivity index (χ3n) is 9.38. The predicted octanol–water partition coefficient (Wildman–Crippen LogP) is 13.0. The van der Waals surface area contributed by atoms with Crippen molar-refractivity contribution >= 4 is 5.97 Å². The lowest BCUT2D eigenvalue weighted by atomic mass is 9.67. The van der Waals surface area contributed by atoms with Gasteiger partial charge in [-0.2, -0.15) is 5.26 Å². The molecule has 3 heteroatoms. The van der Waals surface area contributed by atoms with Crippen LogP contribution >= 0.6 is 0 Å². The van der Waals surface area contributed by atoms with Crippen molar-refractivity contribution in [2.24, 2.45) is 11.3 Å². The van der Waals surface area contributed by atoms with E-state index in [2.05, 4.69) is 32.6 Å². The summed E-state index contributed by atoms with van der Waals surface area (Å²) in [6.07, 6.45) is 36.9. The van der Waals surface area contributed by atoms with Gasteiger partial charge in [0, 0.05) is 0 Å². The van der Waals surface area contributed by atoms with Gasteiger partial charge in [-0.25, -0.2) is 4.79 Å². The summed E-state index contributed by atoms with van der Waals surface area (Å²) >= 11 is 0. The van der Waals surface area contributed by atoms with Crippen molar-refractivity contribution in [3.63, 3.8) is 0 Å². The summed E-state index contributed by atoms with van der Waals surface area (Å²) in [6.45, 7) is 8.99. The molecule has 0 heterocycles. The maximum absolute atomic E-state index is 13.0. The summed E-state index contributed by atoms with van der Waals surface area (Å²) < 4.78 is 0. The van der Waals surface area contributed by atoms with Crippen molar-refractivity contribution in [3.8, 4) is 0 Å².